The largest absolute Gasteiger partial charge is 0.453 e. The molecular formula is C44H41F2N7O3. The molecule has 2 saturated heterocycles. The minimum absolute atomic E-state index is 0.00863. The molecule has 4 aromatic carbocycles. The molecule has 5 atom stereocenters. The lowest BCUT2D eigenvalue weighted by atomic mass is 9.96. The number of H-pyrrole nitrogens is 2. The number of fused-ring (bicyclic) bond motifs is 6. The number of amides is 2. The van der Waals surface area contributed by atoms with Crippen LogP contribution in [0.1, 0.15) is 72.5 Å². The fourth-order valence-electron chi connectivity index (χ4n) is 9.61. The Hall–Kier alpha value is -5.88. The summed E-state index contributed by atoms with van der Waals surface area (Å²) in [5.74, 6) is -1.65. The number of nitrogens with zero attached hydrogens (tertiary/aromatic N) is 3. The van der Waals surface area contributed by atoms with Gasteiger partial charge in [-0.3, -0.25) is 4.79 Å². The first-order chi connectivity index (χ1) is 27.2. The fourth-order valence-corrected chi connectivity index (χ4v) is 9.61. The van der Waals surface area contributed by atoms with Crippen LogP contribution >= 0.6 is 0 Å². The van der Waals surface area contributed by atoms with Crippen LogP contribution in [0.3, 0.4) is 0 Å². The highest BCUT2D eigenvalue weighted by molar-refractivity contribution is 5.89. The molecule has 2 aliphatic heterocycles. The number of hydrogen-bond donors (Lipinski definition) is 4. The zero-order valence-corrected chi connectivity index (χ0v) is 30.8. The summed E-state index contributed by atoms with van der Waals surface area (Å²) in [6, 6.07) is 24.7. The Bertz CT molecular complexity index is 2490. The van der Waals surface area contributed by atoms with E-state index in [1.165, 1.54) is 7.11 Å². The number of likely N-dealkylation sites (tertiary alicyclic amines) is 1. The van der Waals surface area contributed by atoms with Gasteiger partial charge in [0, 0.05) is 35.2 Å². The second kappa shape index (κ2) is 13.4. The Kier molecular flexibility index (Phi) is 8.28. The maximum absolute atomic E-state index is 16.3. The van der Waals surface area contributed by atoms with Gasteiger partial charge in [-0.05, 0) is 96.6 Å². The summed E-state index contributed by atoms with van der Waals surface area (Å²) < 4.78 is 37.6. The summed E-state index contributed by atoms with van der Waals surface area (Å²) in [5, 5.41) is 6.23. The number of halogens is 2. The van der Waals surface area contributed by atoms with E-state index >= 15 is 8.78 Å². The molecule has 0 radical (unpaired) electrons. The van der Waals surface area contributed by atoms with E-state index in [0.29, 0.717) is 39.7 Å². The van der Waals surface area contributed by atoms with Crippen molar-refractivity contribution >= 4 is 23.0 Å². The van der Waals surface area contributed by atoms with Crippen LogP contribution in [0.2, 0.25) is 0 Å². The molecule has 2 aliphatic carbocycles. The predicted molar refractivity (Wildman–Crippen MR) is 208 cm³/mol. The smallest absolute Gasteiger partial charge is 0.407 e. The lowest BCUT2D eigenvalue weighted by molar-refractivity contribution is -0.138. The van der Waals surface area contributed by atoms with Crippen molar-refractivity contribution in [1.82, 2.24) is 35.5 Å². The van der Waals surface area contributed by atoms with E-state index in [-0.39, 0.29) is 35.0 Å². The highest BCUT2D eigenvalue weighted by atomic mass is 19.3. The number of alkyl carbamates (subject to hydrolysis) is 1. The molecule has 2 aromatic heterocycles. The number of aromatic amines is 2. The van der Waals surface area contributed by atoms with Gasteiger partial charge in [-0.1, -0.05) is 60.7 Å². The van der Waals surface area contributed by atoms with Gasteiger partial charge in [-0.25, -0.2) is 14.8 Å². The zero-order valence-electron chi connectivity index (χ0n) is 30.8. The number of benzene rings is 4. The second-order valence-corrected chi connectivity index (χ2v) is 15.6. The number of methoxy groups -OCH3 is 1. The number of rotatable bonds is 8. The van der Waals surface area contributed by atoms with E-state index in [0.717, 1.165) is 73.2 Å². The van der Waals surface area contributed by atoms with Crippen molar-refractivity contribution in [3.63, 3.8) is 0 Å². The van der Waals surface area contributed by atoms with Gasteiger partial charge in [-0.15, -0.1) is 0 Å². The Morgan fingerprint density at radius 1 is 0.929 bits per heavy atom. The van der Waals surface area contributed by atoms with Crippen LogP contribution in [0.15, 0.2) is 91.1 Å². The van der Waals surface area contributed by atoms with Crippen molar-refractivity contribution in [2.75, 3.05) is 13.7 Å². The summed E-state index contributed by atoms with van der Waals surface area (Å²) in [6.45, 7) is 1.01. The highest BCUT2D eigenvalue weighted by Crippen LogP contribution is 2.53. The number of nitrogens with one attached hydrogen (secondary N) is 4. The molecule has 284 valence electrons. The molecule has 4 N–H and O–H groups in total. The first-order valence-corrected chi connectivity index (χ1v) is 19.4. The van der Waals surface area contributed by atoms with Crippen LogP contribution in [0.5, 0.6) is 0 Å². The van der Waals surface area contributed by atoms with Gasteiger partial charge in [0.05, 0.1) is 36.1 Å². The maximum atomic E-state index is 16.3. The third-order valence-electron chi connectivity index (χ3n) is 12.3. The van der Waals surface area contributed by atoms with Crippen LogP contribution in [0, 0.1) is 5.92 Å². The van der Waals surface area contributed by atoms with Crippen molar-refractivity contribution in [3.05, 3.63) is 119 Å². The standard InChI is InChI=1S/C44H41F2N7O3/c1-56-43(55)52-39(24-6-3-2-4-7-24)42(54)53-30-13-9-28(18-30)40(53)41-50-35-16-12-26(21-36(35)51-41)25-10-14-31-32-15-11-27(20-34(32)44(45,46)33(31)19-25)37-23-48-38(49-37)22-29-8-5-17-47-29/h2-4,6-7,10-12,14-16,19-21,23,28-30,39-40,47H,5,8-9,13,17-18,22H2,1H3,(H,48,49)(H,50,51)(H,52,55)/t28?,29-,30+,39+,40-/m0/s1. The first kappa shape index (κ1) is 34.6. The van der Waals surface area contributed by atoms with Gasteiger partial charge in [-0.2, -0.15) is 8.78 Å². The van der Waals surface area contributed by atoms with Crippen LogP contribution < -0.4 is 10.6 Å². The second-order valence-electron chi connectivity index (χ2n) is 15.6. The SMILES string of the molecule is COC(=O)N[C@@H](C(=O)N1[C@@H]2CCC(C2)[C@H]1c1nc2ccc(-c3ccc4c(c3)C(F)(F)c3cc(-c5cnc(C[C@@H]6CCCN6)[nH]5)ccc3-4)cc2[nH]1)c1ccccc1. The van der Waals surface area contributed by atoms with Gasteiger partial charge >= 0.3 is 6.09 Å². The van der Waals surface area contributed by atoms with Gasteiger partial charge < -0.3 is 30.2 Å². The summed E-state index contributed by atoms with van der Waals surface area (Å²) in [5.41, 5.74) is 6.03. The molecule has 1 unspecified atom stereocenters. The molecule has 10 nitrogen and oxygen atoms in total. The van der Waals surface area contributed by atoms with Crippen LogP contribution in [-0.4, -0.2) is 62.6 Å². The minimum atomic E-state index is -3.18. The summed E-state index contributed by atoms with van der Waals surface area (Å²) in [7, 11) is 1.28. The summed E-state index contributed by atoms with van der Waals surface area (Å²) in [4.78, 5) is 45.0. The number of alkyl halides is 2. The molecule has 2 amide bonds. The fraction of sp³-hybridized carbons (Fsp3) is 0.318. The van der Waals surface area contributed by atoms with Crippen molar-refractivity contribution in [2.24, 2.45) is 5.92 Å². The van der Waals surface area contributed by atoms with Crippen LogP contribution in [0.4, 0.5) is 13.6 Å². The average molecular weight is 754 g/mol. The Morgan fingerprint density at radius 2 is 1.68 bits per heavy atom. The molecule has 2 bridgehead atoms. The molecule has 4 heterocycles. The van der Waals surface area contributed by atoms with Gasteiger partial charge in [0.1, 0.15) is 17.7 Å². The predicted octanol–water partition coefficient (Wildman–Crippen LogP) is 8.18. The molecule has 10 rings (SSSR count). The number of carbonyl (C=O) groups is 2. The molecule has 0 spiro atoms. The van der Waals surface area contributed by atoms with E-state index in [4.69, 9.17) is 9.72 Å². The number of aromatic nitrogens is 4. The van der Waals surface area contributed by atoms with Crippen LogP contribution in [-0.2, 0) is 21.9 Å². The number of piperidine rings is 1. The monoisotopic (exact) mass is 753 g/mol. The van der Waals surface area contributed by atoms with Gasteiger partial charge in [0.2, 0.25) is 0 Å². The molecule has 4 aliphatic rings. The minimum Gasteiger partial charge on any atom is -0.453 e. The Morgan fingerprint density at radius 3 is 2.45 bits per heavy atom. The number of imidazole rings is 2. The van der Waals surface area contributed by atoms with E-state index in [1.807, 2.05) is 65.6 Å². The number of ether oxygens (including phenoxy) is 1. The quantitative estimate of drug-likeness (QED) is 0.124. The summed E-state index contributed by atoms with van der Waals surface area (Å²) in [6.07, 6.45) is 6.80. The van der Waals surface area contributed by atoms with E-state index < -0.39 is 18.1 Å². The van der Waals surface area contributed by atoms with E-state index in [1.54, 1.807) is 30.5 Å². The van der Waals surface area contributed by atoms with Gasteiger partial charge in [0.25, 0.3) is 11.8 Å². The van der Waals surface area contributed by atoms with Crippen LogP contribution in [0.25, 0.3) is 44.5 Å². The van der Waals surface area contributed by atoms with E-state index in [2.05, 4.69) is 25.6 Å². The normalized spacial score (nSPS) is 22.3. The van der Waals surface area contributed by atoms with Crippen molar-refractivity contribution in [1.29, 1.82) is 0 Å². The third kappa shape index (κ3) is 5.77. The molecule has 12 heteroatoms. The molecule has 1 saturated carbocycles. The molecular weight excluding hydrogens is 713 g/mol. The van der Waals surface area contributed by atoms with Gasteiger partial charge in [0.15, 0.2) is 0 Å². The number of hydrogen-bond acceptors (Lipinski definition) is 6. The Balaban J connectivity index is 0.927. The Labute approximate surface area is 322 Å². The zero-order chi connectivity index (χ0) is 38.1. The lowest BCUT2D eigenvalue weighted by Gasteiger charge is -2.36. The maximum Gasteiger partial charge on any atom is 0.407 e. The first-order valence-electron chi connectivity index (χ1n) is 19.4. The topological polar surface area (TPSA) is 128 Å². The molecule has 56 heavy (non-hydrogen) atoms. The molecule has 6 aromatic rings. The lowest BCUT2D eigenvalue weighted by Crippen LogP contribution is -2.47. The number of carbonyl (C=O) groups excluding carboxylic acids is 2. The van der Waals surface area contributed by atoms with Crippen molar-refractivity contribution < 1.29 is 23.1 Å². The van der Waals surface area contributed by atoms with E-state index in [9.17, 15) is 9.59 Å². The van der Waals surface area contributed by atoms with Crippen molar-refractivity contribution in [2.45, 2.75) is 68.6 Å². The molecule has 3 fully saturated rings. The third-order valence-corrected chi connectivity index (χ3v) is 12.3. The summed E-state index contributed by atoms with van der Waals surface area (Å²) >= 11 is 0. The average Bonchev–Trinajstić information content (AvgIpc) is 4.09. The highest BCUT2D eigenvalue weighted by Gasteiger charge is 2.51. The van der Waals surface area contributed by atoms with Crippen molar-refractivity contribution in [3.8, 4) is 33.5 Å².